The molecule has 5 heterocycles. The fraction of sp³-hybridized carbons (Fsp3) is 0.354. The number of benzene rings is 6. The molecule has 5 aliphatic heterocycles. The van der Waals surface area contributed by atoms with Gasteiger partial charge in [0.1, 0.15) is 37.9 Å². The number of cyclic esters (lactones) is 4. The van der Waals surface area contributed by atoms with Gasteiger partial charge >= 0.3 is 43.1 Å². The van der Waals surface area contributed by atoms with E-state index in [4.69, 9.17) is 55.6 Å². The van der Waals surface area contributed by atoms with Crippen molar-refractivity contribution in [2.45, 2.75) is 135 Å². The van der Waals surface area contributed by atoms with Crippen LogP contribution in [0.5, 0.6) is 0 Å². The number of nitrogens with two attached hydrogens (primary N) is 1. The third-order valence-corrected chi connectivity index (χ3v) is 16.3. The van der Waals surface area contributed by atoms with Gasteiger partial charge in [0, 0.05) is 38.6 Å². The molecule has 0 spiro atoms. The van der Waals surface area contributed by atoms with Crippen LogP contribution in [0.15, 0.2) is 206 Å². The number of amides is 7. The molecule has 544 valence electrons. The monoisotopic (exact) mass is 1430 g/mol. The van der Waals surface area contributed by atoms with Gasteiger partial charge in [0.15, 0.2) is 0 Å². The average Bonchev–Trinajstić information content (AvgIpc) is 1.70. The number of aliphatic carboxylic acids is 1. The second-order valence-electron chi connectivity index (χ2n) is 23.4. The maximum absolute atomic E-state index is 12.9. The number of ether oxygens (including phenoxy) is 7. The summed E-state index contributed by atoms with van der Waals surface area (Å²) >= 11 is 4.93. The smallest absolute Gasteiger partial charge is 0.608 e. The predicted octanol–water partition coefficient (Wildman–Crippen LogP) is 13.5. The number of nitrogens with zero attached hydrogens (tertiary/aromatic N) is 4. The Morgan fingerprint density at radius 2 is 0.951 bits per heavy atom. The normalized spacial score (nSPS) is 18.0. The molecule has 6 aromatic rings. The average molecular weight is 1430 g/mol. The van der Waals surface area contributed by atoms with Gasteiger partial charge in [0.25, 0.3) is 11.9 Å². The van der Waals surface area contributed by atoms with Gasteiger partial charge < -0.3 is 49.3 Å². The van der Waals surface area contributed by atoms with E-state index in [1.54, 1.807) is 32.3 Å². The number of imide groups is 3. The second-order valence-corrected chi connectivity index (χ2v) is 23.8. The molecule has 6 atom stereocenters. The zero-order valence-electron chi connectivity index (χ0n) is 60.0. The Kier molecular flexibility index (Phi) is 38.3. The molecule has 22 nitrogen and oxygen atoms in total. The standard InChI is InChI=1S/C21H23NO3.C20H22N2O3.C14H15NO3.C9H9NO2.C5H7ClO.C5H10O3.C5H8O2.Li/c1-3-16(18-11-7-8-15(2)12-18)13-20(23)22-19(14-25-21(22)24)17-9-5-4-6-10-17;1-2-14(16-9-6-10-17(21)11-16)12-19(23)22-18(13-25-20(22)24)15-7-4-3-5-8-15;1-2-3-9-13(16)15-12(10-18-14(15)17)11-7-5-4-6-8-11;11-9-10-8(6-12-9)7-4-2-1-3-5-7;1-2-3-4-5(6)7;1-5(6-2)7-3-4-8-5;1-2-3-4-5(6)7;/h4-12,16,19H,3,13-14H2,1-2H3;3-11,14,18H,2,12-13,21H2,1H3;3-9,12H,2,10H2,1H3;1-5,8H,6H2,(H,10,11);3-4H,2H2,1H3;3-4H2,1-2H3;3-4H,2H2,1H3,(H,6,7);/q;;;;;;;+1/p-1/b;;9-3+;;4-3+;;4-3+;/t16-,19-;14-,18-;12-;8-;;;;/m1111..../s1. The van der Waals surface area contributed by atoms with Crippen molar-refractivity contribution in [2.24, 2.45) is 0 Å². The molecule has 11 rings (SSSR count). The molecule has 0 aromatic heterocycles. The Balaban J connectivity index is 0.000000269. The van der Waals surface area contributed by atoms with E-state index >= 15 is 0 Å². The van der Waals surface area contributed by atoms with Crippen LogP contribution in [0.4, 0.5) is 24.9 Å². The molecule has 0 saturated carbocycles. The maximum Gasteiger partial charge on any atom is 1.00 e. The molecule has 3 N–H and O–H groups in total. The van der Waals surface area contributed by atoms with Crippen LogP contribution in [0.3, 0.4) is 0 Å². The predicted molar refractivity (Wildman–Crippen MR) is 387 cm³/mol. The van der Waals surface area contributed by atoms with Crippen molar-refractivity contribution >= 4 is 70.6 Å². The SMILES string of the molecule is CC/C=C/C(=O)Cl.CC/C=C/C(=O)N1C(=O)OC[C@@H]1c1ccccc1.CC/C=C/C(=O)O.CC[C@H](CC(=O)N1C(=O)OC[C@@H]1c1ccccc1)c1cccc(C)c1.CC[C@H](CC(=O)N1C(=O)OC[C@@H]1c1ccccc1)c1cccc(N)c1.COC1(C)OCCO1.O=C1[N-][C@@H](c2ccccc2)CO1.[Li+]. The van der Waals surface area contributed by atoms with Crippen molar-refractivity contribution in [2.75, 3.05) is 52.5 Å². The first-order chi connectivity index (χ1) is 49.1. The summed E-state index contributed by atoms with van der Waals surface area (Å²) in [6.45, 7) is 15.9. The molecule has 5 saturated heterocycles. The van der Waals surface area contributed by atoms with E-state index in [0.29, 0.717) is 31.9 Å². The van der Waals surface area contributed by atoms with E-state index in [1.165, 1.54) is 32.4 Å². The number of aryl methyl sites for hydroxylation is 1. The van der Waals surface area contributed by atoms with Gasteiger partial charge in [-0.15, -0.1) is 0 Å². The van der Waals surface area contributed by atoms with Crippen molar-refractivity contribution in [1.82, 2.24) is 14.7 Å². The van der Waals surface area contributed by atoms with E-state index in [0.717, 1.165) is 71.6 Å². The minimum Gasteiger partial charge on any atom is -0.608 e. The van der Waals surface area contributed by atoms with Crippen LogP contribution < -0.4 is 24.6 Å². The van der Waals surface area contributed by atoms with Gasteiger partial charge in [0.05, 0.1) is 19.8 Å². The Morgan fingerprint density at radius 3 is 1.30 bits per heavy atom. The summed E-state index contributed by atoms with van der Waals surface area (Å²) in [4.78, 5) is 107. The Labute approximate surface area is 620 Å². The Bertz CT molecular complexity index is 3580. The summed E-state index contributed by atoms with van der Waals surface area (Å²) in [6, 6.07) is 52.8. The van der Waals surface area contributed by atoms with Crippen molar-refractivity contribution in [3.8, 4) is 0 Å². The van der Waals surface area contributed by atoms with E-state index < -0.39 is 41.6 Å². The zero-order chi connectivity index (χ0) is 74.4. The summed E-state index contributed by atoms with van der Waals surface area (Å²) in [5.74, 6) is -2.25. The third-order valence-electron chi connectivity index (χ3n) is 16.1. The fourth-order valence-corrected chi connectivity index (χ4v) is 10.8. The molecule has 103 heavy (non-hydrogen) atoms. The van der Waals surface area contributed by atoms with Crippen molar-refractivity contribution in [3.05, 3.63) is 251 Å². The van der Waals surface area contributed by atoms with Crippen molar-refractivity contribution in [1.29, 1.82) is 0 Å². The molecule has 0 unspecified atom stereocenters. The third kappa shape index (κ3) is 28.6. The number of allylic oxidation sites excluding steroid dienone is 4. The maximum atomic E-state index is 12.9. The molecule has 24 heteroatoms. The van der Waals surface area contributed by atoms with Crippen LogP contribution in [-0.2, 0) is 57.1 Å². The van der Waals surface area contributed by atoms with Gasteiger partial charge in [-0.25, -0.2) is 33.9 Å². The van der Waals surface area contributed by atoms with Crippen LogP contribution in [0.2, 0.25) is 0 Å². The molecule has 0 bridgehead atoms. The van der Waals surface area contributed by atoms with Gasteiger partial charge in [0.2, 0.25) is 23.2 Å². The summed E-state index contributed by atoms with van der Waals surface area (Å²) in [7, 11) is 1.56. The number of rotatable bonds is 19. The number of carboxylic acid groups (broad SMARTS) is 1. The van der Waals surface area contributed by atoms with E-state index in [9.17, 15) is 43.2 Å². The first-order valence-electron chi connectivity index (χ1n) is 33.8. The van der Waals surface area contributed by atoms with Gasteiger partial charge in [-0.3, -0.25) is 24.0 Å². The number of hydrogen-bond donors (Lipinski definition) is 2. The fourth-order valence-electron chi connectivity index (χ4n) is 10.7. The number of anilines is 1. The molecule has 0 aliphatic carbocycles. The Hall–Kier alpha value is -9.66. The summed E-state index contributed by atoms with van der Waals surface area (Å²) in [5.41, 5.74) is 13.6. The van der Waals surface area contributed by atoms with E-state index in [2.05, 4.69) is 18.3 Å². The molecule has 5 aliphatic rings. The first-order valence-corrected chi connectivity index (χ1v) is 34.2. The number of halogens is 1. The summed E-state index contributed by atoms with van der Waals surface area (Å²) in [5, 5.41) is 11.4. The number of carbonyl (C=O) groups is 9. The number of methoxy groups -OCH3 is 1. The van der Waals surface area contributed by atoms with Gasteiger partial charge in [-0.1, -0.05) is 228 Å². The quantitative estimate of drug-likeness (QED) is 0.0250. The van der Waals surface area contributed by atoms with Crippen molar-refractivity contribution < 1.29 is 100 Å². The summed E-state index contributed by atoms with van der Waals surface area (Å²) < 4.78 is 34.9. The number of hydrogen-bond acceptors (Lipinski definition) is 17. The number of nitrogen functional groups attached to an aromatic ring is 1. The van der Waals surface area contributed by atoms with Crippen LogP contribution in [0.1, 0.15) is 161 Å². The van der Waals surface area contributed by atoms with Crippen LogP contribution in [0.25, 0.3) is 5.32 Å². The molecular formula is C79H93ClLiN5O17. The molecule has 7 amide bonds. The van der Waals surface area contributed by atoms with Crippen LogP contribution in [0, 0.1) is 6.92 Å². The topological polar surface area (TPSA) is 288 Å². The van der Waals surface area contributed by atoms with E-state index in [-0.39, 0.29) is 98.8 Å². The minimum atomic E-state index is -0.873. The largest absolute Gasteiger partial charge is 1.00 e. The van der Waals surface area contributed by atoms with Gasteiger partial charge in [-0.05, 0) is 115 Å². The molecule has 5 fully saturated rings. The number of carboxylic acids is 1. The summed E-state index contributed by atoms with van der Waals surface area (Å²) in [6.07, 6.45) is 11.4. The van der Waals surface area contributed by atoms with Crippen LogP contribution >= 0.6 is 11.6 Å². The van der Waals surface area contributed by atoms with Gasteiger partial charge in [-0.2, -0.15) is 0 Å². The van der Waals surface area contributed by atoms with Crippen LogP contribution in [-0.4, -0.2) is 126 Å². The zero-order valence-corrected chi connectivity index (χ0v) is 60.8. The van der Waals surface area contributed by atoms with Crippen molar-refractivity contribution in [3.63, 3.8) is 0 Å². The molecular weight excluding hydrogens is 1330 g/mol. The number of carbonyl (C=O) groups excluding carboxylic acids is 8. The Morgan fingerprint density at radius 1 is 0.553 bits per heavy atom. The second kappa shape index (κ2) is 46.0. The first kappa shape index (κ1) is 85.7. The molecule has 6 aromatic carbocycles. The van der Waals surface area contributed by atoms with E-state index in [1.807, 2.05) is 198 Å². The minimum absolute atomic E-state index is 0. The molecule has 0 radical (unpaired) electrons.